The average Bonchev–Trinajstić information content (AvgIpc) is 3.52. The fourth-order valence-corrected chi connectivity index (χ4v) is 5.23. The quantitative estimate of drug-likeness (QED) is 0.526. The molecule has 2 aliphatic rings. The molecule has 35 heavy (non-hydrogen) atoms. The number of nitrogens with zero attached hydrogens (tertiary/aromatic N) is 5. The zero-order valence-corrected chi connectivity index (χ0v) is 19.6. The topological polar surface area (TPSA) is 54.3 Å². The van der Waals surface area contributed by atoms with E-state index in [0.717, 1.165) is 38.1 Å². The van der Waals surface area contributed by atoms with E-state index < -0.39 is 11.7 Å². The van der Waals surface area contributed by atoms with Crippen LogP contribution in [0, 0.1) is 6.92 Å². The van der Waals surface area contributed by atoms with Crippen molar-refractivity contribution in [2.75, 3.05) is 26.2 Å². The summed E-state index contributed by atoms with van der Waals surface area (Å²) in [5.41, 5.74) is 1.60. The summed E-state index contributed by atoms with van der Waals surface area (Å²) in [6.45, 7) is 5.32. The van der Waals surface area contributed by atoms with E-state index in [2.05, 4.69) is 15.0 Å². The number of hydrogen-bond acceptors (Lipinski definition) is 4. The number of aromatic nitrogens is 3. The first-order chi connectivity index (χ1) is 16.8. The molecule has 1 aromatic carbocycles. The van der Waals surface area contributed by atoms with Crippen molar-refractivity contribution >= 4 is 5.91 Å². The molecule has 0 unspecified atom stereocenters. The molecule has 0 spiro atoms. The summed E-state index contributed by atoms with van der Waals surface area (Å²) in [5.74, 6) is -0.132. The molecule has 0 radical (unpaired) electrons. The fraction of sp³-hybridized carbons (Fsp3) is 0.423. The molecule has 3 aromatic rings. The number of hydrogen-bond donors (Lipinski definition) is 0. The third-order valence-corrected chi connectivity index (χ3v) is 7.11. The molecule has 184 valence electrons. The average molecular weight is 484 g/mol. The standard InChI is InChI=1S/C26H28F3N5O/c1-18-23(25(35)33-15-9-21(10-16-33)32-13-2-3-14-32)24(19-7-11-30-12-8-19)31-34(18)22-6-4-5-20(17-22)26(27,28)29/h4-8,11-12,17,21H,2-3,9-10,13-16H2,1H3. The van der Waals surface area contributed by atoms with Crippen LogP contribution in [0.1, 0.15) is 47.3 Å². The molecule has 4 heterocycles. The highest BCUT2D eigenvalue weighted by molar-refractivity contribution is 6.01. The van der Waals surface area contributed by atoms with E-state index in [1.165, 1.54) is 23.6 Å². The second-order valence-electron chi connectivity index (χ2n) is 9.27. The molecule has 0 aliphatic carbocycles. The third kappa shape index (κ3) is 4.69. The Morgan fingerprint density at radius 2 is 1.69 bits per heavy atom. The lowest BCUT2D eigenvalue weighted by molar-refractivity contribution is -0.137. The van der Waals surface area contributed by atoms with E-state index in [1.54, 1.807) is 37.5 Å². The van der Waals surface area contributed by atoms with Gasteiger partial charge in [-0.25, -0.2) is 4.68 Å². The van der Waals surface area contributed by atoms with E-state index in [1.807, 2.05) is 4.90 Å². The smallest absolute Gasteiger partial charge is 0.338 e. The Morgan fingerprint density at radius 1 is 1.00 bits per heavy atom. The first-order valence-electron chi connectivity index (χ1n) is 12.0. The molecular formula is C26H28F3N5O. The predicted octanol–water partition coefficient (Wildman–Crippen LogP) is 4.96. The number of alkyl halides is 3. The van der Waals surface area contributed by atoms with Crippen LogP contribution in [-0.2, 0) is 6.18 Å². The monoisotopic (exact) mass is 483 g/mol. The van der Waals surface area contributed by atoms with Gasteiger partial charge in [-0.1, -0.05) is 6.07 Å². The van der Waals surface area contributed by atoms with Gasteiger partial charge in [-0.15, -0.1) is 0 Å². The molecule has 6 nitrogen and oxygen atoms in total. The number of benzene rings is 1. The highest BCUT2D eigenvalue weighted by Crippen LogP contribution is 2.33. The van der Waals surface area contributed by atoms with Crippen molar-refractivity contribution in [3.05, 3.63) is 65.6 Å². The van der Waals surface area contributed by atoms with Crippen LogP contribution in [0.3, 0.4) is 0 Å². The summed E-state index contributed by atoms with van der Waals surface area (Å²) >= 11 is 0. The number of rotatable bonds is 4. The molecule has 2 aliphatic heterocycles. The molecule has 0 saturated carbocycles. The van der Waals surface area contributed by atoms with Crippen LogP contribution in [0.15, 0.2) is 48.8 Å². The minimum Gasteiger partial charge on any atom is -0.338 e. The second kappa shape index (κ2) is 9.45. The van der Waals surface area contributed by atoms with Crippen molar-refractivity contribution in [2.24, 2.45) is 0 Å². The maximum absolute atomic E-state index is 13.8. The Hall–Kier alpha value is -3.20. The highest BCUT2D eigenvalue weighted by Gasteiger charge is 2.33. The van der Waals surface area contributed by atoms with Crippen molar-refractivity contribution in [3.8, 4) is 16.9 Å². The van der Waals surface area contributed by atoms with Crippen molar-refractivity contribution in [1.82, 2.24) is 24.6 Å². The van der Waals surface area contributed by atoms with Crippen molar-refractivity contribution < 1.29 is 18.0 Å². The van der Waals surface area contributed by atoms with Crippen LogP contribution in [0.5, 0.6) is 0 Å². The largest absolute Gasteiger partial charge is 0.416 e. The van der Waals surface area contributed by atoms with Gasteiger partial charge in [-0.2, -0.15) is 18.3 Å². The molecule has 2 saturated heterocycles. The number of carbonyl (C=O) groups is 1. The molecule has 1 amide bonds. The molecule has 2 aromatic heterocycles. The van der Waals surface area contributed by atoms with Crippen molar-refractivity contribution in [3.63, 3.8) is 0 Å². The van der Waals surface area contributed by atoms with Gasteiger partial charge in [0.2, 0.25) is 0 Å². The number of halogens is 3. The maximum Gasteiger partial charge on any atom is 0.416 e. The van der Waals surface area contributed by atoms with Gasteiger partial charge in [0, 0.05) is 37.1 Å². The van der Waals surface area contributed by atoms with E-state index in [9.17, 15) is 18.0 Å². The van der Waals surface area contributed by atoms with Crippen LogP contribution < -0.4 is 0 Å². The lowest BCUT2D eigenvalue weighted by Gasteiger charge is -2.36. The van der Waals surface area contributed by atoms with Gasteiger partial charge in [0.25, 0.3) is 5.91 Å². The minimum absolute atomic E-state index is 0.132. The Kier molecular flexibility index (Phi) is 6.35. The molecule has 9 heteroatoms. The van der Waals surface area contributed by atoms with E-state index in [4.69, 9.17) is 0 Å². The molecule has 0 N–H and O–H groups in total. The maximum atomic E-state index is 13.8. The summed E-state index contributed by atoms with van der Waals surface area (Å²) in [6.07, 6.45) is 3.09. The van der Waals surface area contributed by atoms with Gasteiger partial charge in [-0.3, -0.25) is 9.78 Å². The summed E-state index contributed by atoms with van der Waals surface area (Å²) < 4.78 is 41.5. The number of carbonyl (C=O) groups excluding carboxylic acids is 1. The lowest BCUT2D eigenvalue weighted by atomic mass is 10.0. The summed E-state index contributed by atoms with van der Waals surface area (Å²) in [6, 6.07) is 9.05. The molecule has 0 bridgehead atoms. The zero-order valence-electron chi connectivity index (χ0n) is 19.6. The molecule has 2 fully saturated rings. The van der Waals surface area contributed by atoms with Gasteiger partial charge in [0.15, 0.2) is 0 Å². The Bertz CT molecular complexity index is 1190. The van der Waals surface area contributed by atoms with Crippen LogP contribution >= 0.6 is 0 Å². The van der Waals surface area contributed by atoms with Gasteiger partial charge in [0.05, 0.1) is 22.5 Å². The summed E-state index contributed by atoms with van der Waals surface area (Å²) in [4.78, 5) is 22.2. The van der Waals surface area contributed by atoms with Gasteiger partial charge in [0.1, 0.15) is 5.69 Å². The van der Waals surface area contributed by atoms with Crippen LogP contribution in [0.4, 0.5) is 13.2 Å². The lowest BCUT2D eigenvalue weighted by Crippen LogP contribution is -2.46. The Labute approximate surface area is 202 Å². The first-order valence-corrected chi connectivity index (χ1v) is 12.0. The number of piperidine rings is 1. The fourth-order valence-electron chi connectivity index (χ4n) is 5.23. The predicted molar refractivity (Wildman–Crippen MR) is 126 cm³/mol. The van der Waals surface area contributed by atoms with E-state index in [-0.39, 0.29) is 11.6 Å². The molecular weight excluding hydrogens is 455 g/mol. The number of amides is 1. The van der Waals surface area contributed by atoms with Gasteiger partial charge < -0.3 is 9.80 Å². The van der Waals surface area contributed by atoms with Gasteiger partial charge in [-0.05, 0) is 76.0 Å². The highest BCUT2D eigenvalue weighted by atomic mass is 19.4. The van der Waals surface area contributed by atoms with Gasteiger partial charge >= 0.3 is 6.18 Å². The summed E-state index contributed by atoms with van der Waals surface area (Å²) in [5, 5.41) is 4.63. The third-order valence-electron chi connectivity index (χ3n) is 7.11. The number of pyridine rings is 1. The van der Waals surface area contributed by atoms with Crippen molar-refractivity contribution in [1.29, 1.82) is 0 Å². The number of likely N-dealkylation sites (tertiary alicyclic amines) is 2. The molecule has 5 rings (SSSR count). The summed E-state index contributed by atoms with van der Waals surface area (Å²) in [7, 11) is 0. The van der Waals surface area contributed by atoms with Crippen LogP contribution in [0.25, 0.3) is 16.9 Å². The minimum atomic E-state index is -4.47. The van der Waals surface area contributed by atoms with E-state index >= 15 is 0 Å². The SMILES string of the molecule is Cc1c(C(=O)N2CCC(N3CCCC3)CC2)c(-c2ccncc2)nn1-c1cccc(C(F)(F)F)c1. The molecule has 0 atom stereocenters. The van der Waals surface area contributed by atoms with Crippen molar-refractivity contribution in [2.45, 2.75) is 44.8 Å². The Morgan fingerprint density at radius 3 is 2.34 bits per heavy atom. The van der Waals surface area contributed by atoms with Crippen LogP contribution in [-0.4, -0.2) is 62.7 Å². The Balaban J connectivity index is 1.49. The van der Waals surface area contributed by atoms with E-state index in [0.29, 0.717) is 41.6 Å². The van der Waals surface area contributed by atoms with Crippen LogP contribution in [0.2, 0.25) is 0 Å². The normalized spacial score (nSPS) is 17.8. The first kappa shape index (κ1) is 23.5. The zero-order chi connectivity index (χ0) is 24.6. The second-order valence-corrected chi connectivity index (χ2v) is 9.27.